The standard InChI is InChI=1S/C65H49N/c1-63(2)55-28-14-12-26-51(55)53-40-39-50(43-62(53)63)66(48-24-10-5-11-25-48)49-37-34-44(35-38-49)45-36-41-57-54(42-45)52-27-13-15-29-56(52)65(57)60-32-18-16-30-58(60)64(46-20-6-3-7-21-46,47-22-8-4-9-23-47)59-31-17-19-33-61(59)65/h3-4,6-10,12-43H,5,11H2,1-2H3. The Balaban J connectivity index is 0.954. The zero-order valence-corrected chi connectivity index (χ0v) is 37.4. The van der Waals surface area contributed by atoms with Crippen molar-refractivity contribution in [2.45, 2.75) is 42.9 Å². The molecule has 0 unspecified atom stereocenters. The van der Waals surface area contributed by atoms with Gasteiger partial charge >= 0.3 is 0 Å². The van der Waals surface area contributed by atoms with E-state index in [1.807, 2.05) is 0 Å². The van der Waals surface area contributed by atoms with E-state index >= 15 is 0 Å². The van der Waals surface area contributed by atoms with E-state index in [0.29, 0.717) is 0 Å². The third-order valence-electron chi connectivity index (χ3n) is 15.4. The molecule has 9 aromatic rings. The van der Waals surface area contributed by atoms with Crippen molar-refractivity contribution in [1.82, 2.24) is 0 Å². The van der Waals surface area contributed by atoms with Gasteiger partial charge in [-0.05, 0) is 138 Å². The number of nitrogens with zero attached hydrogens (tertiary/aromatic N) is 1. The molecule has 9 aromatic carbocycles. The van der Waals surface area contributed by atoms with Crippen molar-refractivity contribution in [1.29, 1.82) is 0 Å². The SMILES string of the molecule is CC1(C)c2ccccc2-c2ccc(N(C3=CCCC=C3)c3ccc(-c4ccc5c(c4)-c4ccccc4C54c5ccccc5C(c5ccccc5)(c5ccccc5)c5ccccc54)cc3)cc21. The lowest BCUT2D eigenvalue weighted by Gasteiger charge is -2.50. The summed E-state index contributed by atoms with van der Waals surface area (Å²) in [5.41, 5.74) is 23.5. The average Bonchev–Trinajstić information content (AvgIpc) is 3.80. The van der Waals surface area contributed by atoms with E-state index in [-0.39, 0.29) is 5.41 Å². The van der Waals surface area contributed by atoms with Crippen molar-refractivity contribution in [3.8, 4) is 33.4 Å². The molecule has 0 aromatic heterocycles. The fourth-order valence-corrected chi connectivity index (χ4v) is 12.6. The molecule has 1 heteroatoms. The topological polar surface area (TPSA) is 3.24 Å². The smallest absolute Gasteiger partial charge is 0.0720 e. The minimum Gasteiger partial charge on any atom is -0.311 e. The minimum absolute atomic E-state index is 0.0757. The summed E-state index contributed by atoms with van der Waals surface area (Å²) < 4.78 is 0. The van der Waals surface area contributed by atoms with Crippen LogP contribution in [0.15, 0.2) is 242 Å². The number of fused-ring (bicyclic) bond motifs is 12. The van der Waals surface area contributed by atoms with Crippen LogP contribution in [0, 0.1) is 0 Å². The molecule has 0 heterocycles. The normalized spacial score (nSPS) is 16.0. The summed E-state index contributed by atoms with van der Waals surface area (Å²) in [4.78, 5) is 2.45. The largest absolute Gasteiger partial charge is 0.311 e. The number of anilines is 2. The van der Waals surface area contributed by atoms with Gasteiger partial charge in [0.2, 0.25) is 0 Å². The number of hydrogen-bond donors (Lipinski definition) is 0. The summed E-state index contributed by atoms with van der Waals surface area (Å²) in [7, 11) is 0. The van der Waals surface area contributed by atoms with Crippen molar-refractivity contribution in [2.24, 2.45) is 0 Å². The summed E-state index contributed by atoms with van der Waals surface area (Å²) in [6, 6.07) is 82.6. The van der Waals surface area contributed by atoms with Gasteiger partial charge in [0.05, 0.1) is 10.8 Å². The lowest BCUT2D eigenvalue weighted by molar-refractivity contribution is 0.623. The Kier molecular flexibility index (Phi) is 8.58. The molecule has 4 aliphatic carbocycles. The predicted octanol–water partition coefficient (Wildman–Crippen LogP) is 16.1. The fraction of sp³-hybridized carbons (Fsp3) is 0.108. The lowest BCUT2D eigenvalue weighted by Crippen LogP contribution is -2.44. The van der Waals surface area contributed by atoms with Crippen LogP contribution in [0.25, 0.3) is 33.4 Å². The molecule has 0 bridgehead atoms. The summed E-state index contributed by atoms with van der Waals surface area (Å²) in [6.07, 6.45) is 9.10. The van der Waals surface area contributed by atoms with Crippen molar-refractivity contribution in [3.63, 3.8) is 0 Å². The van der Waals surface area contributed by atoms with Gasteiger partial charge in [-0.25, -0.2) is 0 Å². The van der Waals surface area contributed by atoms with Crippen LogP contribution in [-0.4, -0.2) is 0 Å². The van der Waals surface area contributed by atoms with E-state index in [0.717, 1.165) is 18.5 Å². The van der Waals surface area contributed by atoms with E-state index in [4.69, 9.17) is 0 Å². The summed E-state index contributed by atoms with van der Waals surface area (Å²) in [6.45, 7) is 4.73. The first kappa shape index (κ1) is 38.7. The van der Waals surface area contributed by atoms with E-state index in [1.54, 1.807) is 0 Å². The highest BCUT2D eigenvalue weighted by Crippen LogP contribution is 2.64. The van der Waals surface area contributed by atoms with Gasteiger partial charge in [-0.1, -0.05) is 214 Å². The Bertz CT molecular complexity index is 3350. The first-order valence-corrected chi connectivity index (χ1v) is 23.6. The van der Waals surface area contributed by atoms with Gasteiger partial charge in [-0.15, -0.1) is 0 Å². The second-order valence-electron chi connectivity index (χ2n) is 19.0. The van der Waals surface area contributed by atoms with Crippen LogP contribution < -0.4 is 4.90 Å². The van der Waals surface area contributed by atoms with Crippen LogP contribution in [0.1, 0.15) is 82.3 Å². The highest BCUT2D eigenvalue weighted by molar-refractivity contribution is 5.92. The van der Waals surface area contributed by atoms with Gasteiger partial charge < -0.3 is 4.90 Å². The average molecular weight is 844 g/mol. The third kappa shape index (κ3) is 5.29. The predicted molar refractivity (Wildman–Crippen MR) is 274 cm³/mol. The zero-order chi connectivity index (χ0) is 44.0. The van der Waals surface area contributed by atoms with Gasteiger partial charge in [0.15, 0.2) is 0 Å². The van der Waals surface area contributed by atoms with Crippen LogP contribution in [0.2, 0.25) is 0 Å². The molecule has 4 aliphatic rings. The van der Waals surface area contributed by atoms with Gasteiger partial charge in [0, 0.05) is 22.5 Å². The molecule has 0 aliphatic heterocycles. The van der Waals surface area contributed by atoms with E-state index < -0.39 is 10.8 Å². The molecule has 1 spiro atoms. The molecule has 0 saturated carbocycles. The maximum absolute atomic E-state index is 2.46. The van der Waals surface area contributed by atoms with Crippen LogP contribution in [-0.2, 0) is 16.2 Å². The maximum atomic E-state index is 2.46. The summed E-state index contributed by atoms with van der Waals surface area (Å²) in [5, 5.41) is 0. The molecule has 13 rings (SSSR count). The maximum Gasteiger partial charge on any atom is 0.0720 e. The van der Waals surface area contributed by atoms with Gasteiger partial charge in [0.25, 0.3) is 0 Å². The first-order valence-electron chi connectivity index (χ1n) is 23.6. The molecular weight excluding hydrogens is 795 g/mol. The second-order valence-corrected chi connectivity index (χ2v) is 19.0. The molecule has 0 amide bonds. The summed E-state index contributed by atoms with van der Waals surface area (Å²) in [5.74, 6) is 0. The highest BCUT2D eigenvalue weighted by atomic mass is 15.1. The van der Waals surface area contributed by atoms with Crippen molar-refractivity contribution in [3.05, 3.63) is 298 Å². The Morgan fingerprint density at radius 2 is 0.833 bits per heavy atom. The molecule has 66 heavy (non-hydrogen) atoms. The van der Waals surface area contributed by atoms with Crippen LogP contribution >= 0.6 is 0 Å². The van der Waals surface area contributed by atoms with Crippen molar-refractivity contribution in [2.75, 3.05) is 4.90 Å². The van der Waals surface area contributed by atoms with Gasteiger partial charge in [-0.2, -0.15) is 0 Å². The van der Waals surface area contributed by atoms with Gasteiger partial charge in [0.1, 0.15) is 0 Å². The van der Waals surface area contributed by atoms with Crippen LogP contribution in [0.4, 0.5) is 11.4 Å². The van der Waals surface area contributed by atoms with Crippen LogP contribution in [0.3, 0.4) is 0 Å². The first-order chi connectivity index (χ1) is 32.5. The third-order valence-corrected chi connectivity index (χ3v) is 15.4. The van der Waals surface area contributed by atoms with Gasteiger partial charge in [-0.3, -0.25) is 0 Å². The Hall–Kier alpha value is -7.74. The molecular formula is C65H49N. The number of rotatable bonds is 6. The number of allylic oxidation sites excluding steroid dienone is 3. The molecule has 0 N–H and O–H groups in total. The van der Waals surface area contributed by atoms with E-state index in [9.17, 15) is 0 Å². The molecule has 0 radical (unpaired) electrons. The quantitative estimate of drug-likeness (QED) is 0.161. The molecule has 1 nitrogen and oxygen atoms in total. The highest BCUT2D eigenvalue weighted by Gasteiger charge is 2.56. The number of benzene rings is 9. The van der Waals surface area contributed by atoms with Crippen LogP contribution in [0.5, 0.6) is 0 Å². The Labute approximate surface area is 388 Å². The van der Waals surface area contributed by atoms with Crippen molar-refractivity contribution >= 4 is 11.4 Å². The molecule has 0 saturated heterocycles. The lowest BCUT2D eigenvalue weighted by atomic mass is 9.51. The summed E-state index contributed by atoms with van der Waals surface area (Å²) >= 11 is 0. The number of hydrogen-bond acceptors (Lipinski definition) is 1. The Morgan fingerprint density at radius 1 is 0.348 bits per heavy atom. The molecule has 0 atom stereocenters. The zero-order valence-electron chi connectivity index (χ0n) is 37.4. The minimum atomic E-state index is -0.515. The van der Waals surface area contributed by atoms with E-state index in [1.165, 1.54) is 100 Å². The fourth-order valence-electron chi connectivity index (χ4n) is 12.6. The second kappa shape index (κ2) is 14.6. The molecule has 0 fully saturated rings. The Morgan fingerprint density at radius 3 is 1.44 bits per heavy atom. The monoisotopic (exact) mass is 843 g/mol. The van der Waals surface area contributed by atoms with Crippen molar-refractivity contribution < 1.29 is 0 Å². The molecule has 314 valence electrons. The van der Waals surface area contributed by atoms with E-state index in [2.05, 4.69) is 255 Å².